The molecule has 1 aliphatic carbocycles. The first kappa shape index (κ1) is 14.0. The molecule has 1 saturated heterocycles. The topological polar surface area (TPSA) is 67.2 Å². The second-order valence-electron chi connectivity index (χ2n) is 5.85. The summed E-state index contributed by atoms with van der Waals surface area (Å²) >= 11 is 0. The first-order valence-corrected chi connectivity index (χ1v) is 8.73. The molecule has 2 fully saturated rings. The molecule has 1 saturated carbocycles. The SMILES string of the molecule is Cn1nccc1S(=O)(=O)N(CC1CC1)CC1CCCN1. The van der Waals surface area contributed by atoms with Gasteiger partial charge in [0.1, 0.15) is 0 Å². The van der Waals surface area contributed by atoms with Gasteiger partial charge in [0.25, 0.3) is 10.0 Å². The van der Waals surface area contributed by atoms with Crippen LogP contribution in [0.1, 0.15) is 25.7 Å². The van der Waals surface area contributed by atoms with Gasteiger partial charge < -0.3 is 5.32 Å². The molecule has 6 nitrogen and oxygen atoms in total. The first-order chi connectivity index (χ1) is 9.57. The zero-order chi connectivity index (χ0) is 14.2. The predicted octanol–water partition coefficient (Wildman–Crippen LogP) is 0.573. The average Bonchev–Trinajstić information content (AvgIpc) is 2.88. The minimum absolute atomic E-state index is 0.288. The van der Waals surface area contributed by atoms with Gasteiger partial charge in [-0.3, -0.25) is 4.68 Å². The van der Waals surface area contributed by atoms with E-state index in [1.165, 1.54) is 10.9 Å². The van der Waals surface area contributed by atoms with Crippen LogP contribution in [-0.2, 0) is 17.1 Å². The Labute approximate surface area is 120 Å². The lowest BCUT2D eigenvalue weighted by Crippen LogP contribution is -2.42. The average molecular weight is 298 g/mol. The van der Waals surface area contributed by atoms with Crippen molar-refractivity contribution in [3.63, 3.8) is 0 Å². The standard InChI is InChI=1S/C13H22N4O2S/c1-16-13(6-8-15-16)20(18,19)17(9-11-4-5-11)10-12-3-2-7-14-12/h6,8,11-12,14H,2-5,7,9-10H2,1H3. The molecule has 1 aliphatic heterocycles. The minimum atomic E-state index is -3.44. The van der Waals surface area contributed by atoms with Gasteiger partial charge in [-0.25, -0.2) is 8.42 Å². The molecule has 2 aliphatic rings. The lowest BCUT2D eigenvalue weighted by molar-refractivity contribution is 0.355. The summed E-state index contributed by atoms with van der Waals surface area (Å²) in [7, 11) is -1.76. The highest BCUT2D eigenvalue weighted by molar-refractivity contribution is 7.89. The highest BCUT2D eigenvalue weighted by Gasteiger charge is 2.34. The summed E-state index contributed by atoms with van der Waals surface area (Å²) < 4.78 is 28.7. The Morgan fingerprint density at radius 3 is 2.75 bits per heavy atom. The Hall–Kier alpha value is -0.920. The molecule has 112 valence electrons. The maximum absolute atomic E-state index is 12.8. The third kappa shape index (κ3) is 2.89. The second-order valence-corrected chi connectivity index (χ2v) is 7.74. The molecule has 0 radical (unpaired) electrons. The van der Waals surface area contributed by atoms with Gasteiger partial charge in [-0.2, -0.15) is 9.40 Å². The van der Waals surface area contributed by atoms with Gasteiger partial charge in [0.05, 0.1) is 6.20 Å². The molecule has 1 aromatic rings. The van der Waals surface area contributed by atoms with Gasteiger partial charge in [-0.1, -0.05) is 0 Å². The monoisotopic (exact) mass is 298 g/mol. The normalized spacial score (nSPS) is 23.6. The predicted molar refractivity (Wildman–Crippen MR) is 75.7 cm³/mol. The van der Waals surface area contributed by atoms with Gasteiger partial charge in [0.2, 0.25) is 0 Å². The molecule has 7 heteroatoms. The van der Waals surface area contributed by atoms with E-state index in [2.05, 4.69) is 10.4 Å². The van der Waals surface area contributed by atoms with Crippen LogP contribution in [0, 0.1) is 5.92 Å². The summed E-state index contributed by atoms with van der Waals surface area (Å²) in [6, 6.07) is 1.87. The molecule has 0 aromatic carbocycles. The van der Waals surface area contributed by atoms with Gasteiger partial charge in [0.15, 0.2) is 5.03 Å². The van der Waals surface area contributed by atoms with Crippen LogP contribution in [0.2, 0.25) is 0 Å². The third-order valence-corrected chi connectivity index (χ3v) is 6.03. The van der Waals surface area contributed by atoms with E-state index in [1.807, 2.05) is 0 Å². The zero-order valence-corrected chi connectivity index (χ0v) is 12.6. The molecular weight excluding hydrogens is 276 g/mol. The molecule has 1 N–H and O–H groups in total. The van der Waals surface area contributed by atoms with Crippen LogP contribution in [0.4, 0.5) is 0 Å². The summed E-state index contributed by atoms with van der Waals surface area (Å²) in [6.07, 6.45) is 6.02. The van der Waals surface area contributed by atoms with Crippen molar-refractivity contribution in [2.75, 3.05) is 19.6 Å². The molecule has 2 heterocycles. The van der Waals surface area contributed by atoms with Crippen molar-refractivity contribution in [2.24, 2.45) is 13.0 Å². The number of hydrogen-bond acceptors (Lipinski definition) is 4. The second kappa shape index (κ2) is 5.46. The van der Waals surface area contributed by atoms with Crippen LogP contribution in [0.5, 0.6) is 0 Å². The molecule has 0 spiro atoms. The zero-order valence-electron chi connectivity index (χ0n) is 11.8. The van der Waals surface area contributed by atoms with Crippen LogP contribution in [0.15, 0.2) is 17.3 Å². The number of aryl methyl sites for hydroxylation is 1. The van der Waals surface area contributed by atoms with Crippen molar-refractivity contribution < 1.29 is 8.42 Å². The van der Waals surface area contributed by atoms with Crippen molar-refractivity contribution in [1.29, 1.82) is 0 Å². The summed E-state index contributed by atoms with van der Waals surface area (Å²) in [5.74, 6) is 0.541. The fraction of sp³-hybridized carbons (Fsp3) is 0.769. The van der Waals surface area contributed by atoms with Crippen LogP contribution < -0.4 is 5.32 Å². The van der Waals surface area contributed by atoms with E-state index in [1.54, 1.807) is 17.4 Å². The Morgan fingerprint density at radius 2 is 2.20 bits per heavy atom. The lowest BCUT2D eigenvalue weighted by Gasteiger charge is -2.25. The number of aromatic nitrogens is 2. The number of nitrogens with zero attached hydrogens (tertiary/aromatic N) is 3. The molecule has 1 unspecified atom stereocenters. The van der Waals surface area contributed by atoms with Crippen LogP contribution in [-0.4, -0.2) is 48.2 Å². The van der Waals surface area contributed by atoms with Crippen molar-refractivity contribution in [2.45, 2.75) is 36.8 Å². The smallest absolute Gasteiger partial charge is 0.260 e. The van der Waals surface area contributed by atoms with E-state index < -0.39 is 10.0 Å². The number of nitrogens with one attached hydrogen (secondary N) is 1. The Bertz CT molecular complexity index is 559. The maximum atomic E-state index is 12.8. The molecule has 0 bridgehead atoms. The van der Waals surface area contributed by atoms with Crippen molar-refractivity contribution in [1.82, 2.24) is 19.4 Å². The molecule has 0 amide bonds. The summed E-state index contributed by atoms with van der Waals surface area (Å²) in [6.45, 7) is 2.21. The highest BCUT2D eigenvalue weighted by Crippen LogP contribution is 2.32. The molecule has 1 aromatic heterocycles. The fourth-order valence-corrected chi connectivity index (χ4v) is 4.43. The molecule has 20 heavy (non-hydrogen) atoms. The van der Waals surface area contributed by atoms with Gasteiger partial charge >= 0.3 is 0 Å². The first-order valence-electron chi connectivity index (χ1n) is 7.29. The van der Waals surface area contributed by atoms with Crippen molar-refractivity contribution in [3.8, 4) is 0 Å². The van der Waals surface area contributed by atoms with Gasteiger partial charge in [-0.15, -0.1) is 0 Å². The van der Waals surface area contributed by atoms with Crippen LogP contribution >= 0.6 is 0 Å². The summed E-state index contributed by atoms with van der Waals surface area (Å²) in [4.78, 5) is 0. The quantitative estimate of drug-likeness (QED) is 0.834. The van der Waals surface area contributed by atoms with E-state index in [4.69, 9.17) is 0 Å². The maximum Gasteiger partial charge on any atom is 0.260 e. The third-order valence-electron chi connectivity index (χ3n) is 4.13. The largest absolute Gasteiger partial charge is 0.313 e. The Kier molecular flexibility index (Phi) is 3.83. The number of hydrogen-bond donors (Lipinski definition) is 1. The van der Waals surface area contributed by atoms with E-state index in [0.717, 1.165) is 32.2 Å². The number of sulfonamides is 1. The van der Waals surface area contributed by atoms with Gasteiger partial charge in [-0.05, 0) is 44.2 Å². The number of rotatable bonds is 6. The Balaban J connectivity index is 1.81. The molecule has 1 atom stereocenters. The summed E-state index contributed by atoms with van der Waals surface area (Å²) in [5, 5.41) is 7.66. The van der Waals surface area contributed by atoms with Crippen molar-refractivity contribution in [3.05, 3.63) is 12.3 Å². The lowest BCUT2D eigenvalue weighted by atomic mass is 10.2. The van der Waals surface area contributed by atoms with Gasteiger partial charge in [0, 0.05) is 26.2 Å². The fourth-order valence-electron chi connectivity index (χ4n) is 2.76. The van der Waals surface area contributed by atoms with E-state index in [0.29, 0.717) is 19.0 Å². The van der Waals surface area contributed by atoms with Crippen LogP contribution in [0.3, 0.4) is 0 Å². The molecular formula is C13H22N4O2S. The van der Waals surface area contributed by atoms with E-state index in [-0.39, 0.29) is 11.1 Å². The van der Waals surface area contributed by atoms with Crippen LogP contribution in [0.25, 0.3) is 0 Å². The summed E-state index contributed by atoms with van der Waals surface area (Å²) in [5.41, 5.74) is 0. The highest BCUT2D eigenvalue weighted by atomic mass is 32.2. The Morgan fingerprint density at radius 1 is 1.40 bits per heavy atom. The van der Waals surface area contributed by atoms with Crippen molar-refractivity contribution >= 4 is 10.0 Å². The minimum Gasteiger partial charge on any atom is -0.313 e. The molecule has 3 rings (SSSR count). The van der Waals surface area contributed by atoms with E-state index >= 15 is 0 Å². The van der Waals surface area contributed by atoms with E-state index in [9.17, 15) is 8.42 Å².